The van der Waals surface area contributed by atoms with Gasteiger partial charge in [-0.15, -0.1) is 0 Å². The molecule has 0 aromatic heterocycles. The number of amides is 3. The molecule has 0 aromatic carbocycles. The summed E-state index contributed by atoms with van der Waals surface area (Å²) in [6, 6.07) is 0. The molecule has 0 bridgehead atoms. The first-order valence-electron chi connectivity index (χ1n) is 15.9. The fourth-order valence-electron chi connectivity index (χ4n) is 4.89. The molecule has 284 valence electrons. The normalized spacial score (nSPS) is 30.1. The molecule has 0 spiro atoms. The molecular weight excluding hydrogens is 664 g/mol. The van der Waals surface area contributed by atoms with Crippen molar-refractivity contribution >= 4 is 23.7 Å². The van der Waals surface area contributed by atoms with Gasteiger partial charge in [0.1, 0.15) is 48.8 Å². The highest BCUT2D eigenvalue weighted by Crippen LogP contribution is 2.22. The highest BCUT2D eigenvalue weighted by molar-refractivity contribution is 5.84. The Morgan fingerprint density at radius 3 is 1.37 bits per heavy atom. The average molecular weight is 715 g/mol. The summed E-state index contributed by atoms with van der Waals surface area (Å²) in [6.45, 7) is -2.91. The Bertz CT molecular complexity index is 966. The zero-order valence-corrected chi connectivity index (χ0v) is 26.9. The van der Waals surface area contributed by atoms with Gasteiger partial charge in [-0.25, -0.2) is 0 Å². The molecule has 0 unspecified atom stereocenters. The maximum absolute atomic E-state index is 12.7. The molecule has 0 radical (unpaired) electrons. The number of nitrogens with zero attached hydrogens (tertiary/aromatic N) is 1. The van der Waals surface area contributed by atoms with Crippen LogP contribution in [0.2, 0.25) is 0 Å². The highest BCUT2D eigenvalue weighted by atomic mass is 16.7. The van der Waals surface area contributed by atoms with E-state index in [0.717, 1.165) is 0 Å². The van der Waals surface area contributed by atoms with Crippen molar-refractivity contribution in [2.45, 2.75) is 87.1 Å². The number of nitrogens with one attached hydrogen (secondary N) is 3. The summed E-state index contributed by atoms with van der Waals surface area (Å²) in [6.07, 6.45) is -13.3. The van der Waals surface area contributed by atoms with Crippen LogP contribution >= 0.6 is 0 Å². The number of ether oxygens (including phenoxy) is 4. The predicted molar refractivity (Wildman–Crippen MR) is 161 cm³/mol. The second kappa shape index (κ2) is 22.2. The first kappa shape index (κ1) is 42.5. The summed E-state index contributed by atoms with van der Waals surface area (Å²) in [5, 5.41) is 94.5. The molecular formula is C28H50N4O17. The lowest BCUT2D eigenvalue weighted by atomic mass is 9.99. The van der Waals surface area contributed by atoms with Crippen molar-refractivity contribution in [2.75, 3.05) is 65.7 Å². The van der Waals surface area contributed by atoms with Crippen LogP contribution in [0.5, 0.6) is 0 Å². The molecule has 2 saturated heterocycles. The summed E-state index contributed by atoms with van der Waals surface area (Å²) in [5.74, 6) is -2.65. The van der Waals surface area contributed by atoms with Crippen molar-refractivity contribution in [1.29, 1.82) is 0 Å². The monoisotopic (exact) mass is 714 g/mol. The summed E-state index contributed by atoms with van der Waals surface area (Å²) in [7, 11) is 0. The van der Waals surface area contributed by atoms with E-state index in [2.05, 4.69) is 16.0 Å². The van der Waals surface area contributed by atoms with Gasteiger partial charge in [-0.3, -0.25) is 24.1 Å². The molecule has 2 rings (SSSR count). The van der Waals surface area contributed by atoms with E-state index in [1.54, 1.807) is 0 Å². The number of carbonyl (C=O) groups is 4. The third-order valence-corrected chi connectivity index (χ3v) is 7.60. The number of aliphatic hydroxyl groups is 8. The first-order chi connectivity index (χ1) is 23.3. The van der Waals surface area contributed by atoms with Gasteiger partial charge in [0, 0.05) is 26.1 Å². The van der Waals surface area contributed by atoms with E-state index < -0.39 is 111 Å². The van der Waals surface area contributed by atoms with Gasteiger partial charge in [0.25, 0.3) is 0 Å². The van der Waals surface area contributed by atoms with E-state index in [9.17, 15) is 60.0 Å². The molecule has 0 aliphatic carbocycles. The lowest BCUT2D eigenvalue weighted by molar-refractivity contribution is -0.300. The summed E-state index contributed by atoms with van der Waals surface area (Å²) < 4.78 is 21.1. The number of aliphatic hydroxyl groups excluding tert-OH is 8. The smallest absolute Gasteiger partial charge is 0.303 e. The maximum Gasteiger partial charge on any atom is 0.303 e. The Kier molecular flexibility index (Phi) is 19.3. The maximum atomic E-state index is 12.7. The second-order valence-electron chi connectivity index (χ2n) is 11.5. The van der Waals surface area contributed by atoms with Gasteiger partial charge >= 0.3 is 5.97 Å². The molecule has 0 saturated carbocycles. The number of unbranched alkanes of at least 4 members (excludes halogenated alkanes) is 2. The standard InChI is InChI=1S/C28H50N4O17/c33-13-15-21(40)23(42)25(44)27(48-15)46-8-6-30-18(36)11-32(10-17(35)29-5-3-1-2-4-20(38)39)12-19(37)31-7-9-47-28-26(45)24(43)22(41)16(14-34)49-28/h15-16,21-28,33-34,40-45H,1-14H2,(H,29,35)(H,30,36)(H,31,37)(H,38,39)/t15-,16-,21-,22-,23+,24+,25-,26-,27-,28-/m1/s1. The number of aliphatic carboxylic acids is 1. The quantitative estimate of drug-likeness (QED) is 0.0463. The highest BCUT2D eigenvalue weighted by Gasteiger charge is 2.45. The minimum absolute atomic E-state index is 0.00701. The Balaban J connectivity index is 1.84. The van der Waals surface area contributed by atoms with Crippen LogP contribution in [0.15, 0.2) is 0 Å². The molecule has 21 heteroatoms. The van der Waals surface area contributed by atoms with Crippen LogP contribution in [0.4, 0.5) is 0 Å². The number of rotatable bonds is 22. The van der Waals surface area contributed by atoms with Crippen molar-refractivity contribution in [2.24, 2.45) is 0 Å². The molecule has 2 fully saturated rings. The van der Waals surface area contributed by atoms with Crippen molar-refractivity contribution < 1.29 is 84.1 Å². The number of hydrogen-bond donors (Lipinski definition) is 12. The molecule has 2 heterocycles. The van der Waals surface area contributed by atoms with Gasteiger partial charge in [-0.1, -0.05) is 6.42 Å². The fourth-order valence-corrected chi connectivity index (χ4v) is 4.89. The molecule has 12 N–H and O–H groups in total. The molecule has 21 nitrogen and oxygen atoms in total. The second-order valence-corrected chi connectivity index (χ2v) is 11.5. The summed E-state index contributed by atoms with van der Waals surface area (Å²) in [5.41, 5.74) is 0. The van der Waals surface area contributed by atoms with Gasteiger partial charge in [0.15, 0.2) is 12.6 Å². The third kappa shape index (κ3) is 14.6. The topological polar surface area (TPSA) is 327 Å². The fraction of sp³-hybridized carbons (Fsp3) is 0.857. The van der Waals surface area contributed by atoms with Crippen LogP contribution in [-0.4, -0.2) is 202 Å². The van der Waals surface area contributed by atoms with Crippen LogP contribution in [0.1, 0.15) is 25.7 Å². The molecule has 0 aromatic rings. The van der Waals surface area contributed by atoms with E-state index in [4.69, 9.17) is 24.1 Å². The van der Waals surface area contributed by atoms with E-state index in [1.807, 2.05) is 0 Å². The number of carboxylic acid groups (broad SMARTS) is 1. The molecule has 3 amide bonds. The van der Waals surface area contributed by atoms with Crippen molar-refractivity contribution in [3.05, 3.63) is 0 Å². The largest absolute Gasteiger partial charge is 0.481 e. The third-order valence-electron chi connectivity index (χ3n) is 7.60. The molecule has 2 aliphatic heterocycles. The van der Waals surface area contributed by atoms with Gasteiger partial charge in [-0.05, 0) is 12.8 Å². The first-order valence-corrected chi connectivity index (χ1v) is 15.9. The van der Waals surface area contributed by atoms with Gasteiger partial charge in [0.05, 0.1) is 46.1 Å². The predicted octanol–water partition coefficient (Wildman–Crippen LogP) is -7.09. The van der Waals surface area contributed by atoms with E-state index in [1.165, 1.54) is 4.90 Å². The van der Waals surface area contributed by atoms with E-state index >= 15 is 0 Å². The molecule has 2 aliphatic rings. The Labute approximate surface area is 281 Å². The minimum Gasteiger partial charge on any atom is -0.481 e. The Morgan fingerprint density at radius 2 is 0.980 bits per heavy atom. The number of hydrogen-bond acceptors (Lipinski definition) is 17. The summed E-state index contributed by atoms with van der Waals surface area (Å²) >= 11 is 0. The van der Waals surface area contributed by atoms with Crippen molar-refractivity contribution in [3.8, 4) is 0 Å². The number of carbonyl (C=O) groups excluding carboxylic acids is 3. The lowest BCUT2D eigenvalue weighted by Crippen LogP contribution is -2.59. The van der Waals surface area contributed by atoms with Crippen LogP contribution in [0, 0.1) is 0 Å². The van der Waals surface area contributed by atoms with Crippen molar-refractivity contribution in [3.63, 3.8) is 0 Å². The zero-order chi connectivity index (χ0) is 36.5. The van der Waals surface area contributed by atoms with Crippen LogP contribution in [-0.2, 0) is 38.1 Å². The van der Waals surface area contributed by atoms with Crippen molar-refractivity contribution in [1.82, 2.24) is 20.9 Å². The van der Waals surface area contributed by atoms with Crippen LogP contribution in [0.25, 0.3) is 0 Å². The lowest BCUT2D eigenvalue weighted by Gasteiger charge is -2.39. The SMILES string of the molecule is O=C(O)CCCCCNC(=O)CN(CC(=O)NCCO[C@@H]1O[C@H](CO)[C@@H](O)[C@H](O)[C@H]1O)CC(=O)NCCO[C@@H]1O[C@H](CO)[C@@H](O)[C@H](O)[C@H]1O. The Hall–Kier alpha value is -2.64. The molecule has 10 atom stereocenters. The van der Waals surface area contributed by atoms with Gasteiger partial charge in [0.2, 0.25) is 17.7 Å². The van der Waals surface area contributed by atoms with Gasteiger partial charge < -0.3 is 80.9 Å². The zero-order valence-electron chi connectivity index (χ0n) is 26.9. The van der Waals surface area contributed by atoms with Crippen LogP contribution < -0.4 is 16.0 Å². The molecule has 49 heavy (non-hydrogen) atoms. The van der Waals surface area contributed by atoms with Gasteiger partial charge in [-0.2, -0.15) is 0 Å². The number of carboxylic acids is 1. The average Bonchev–Trinajstić information content (AvgIpc) is 3.06. The Morgan fingerprint density at radius 1 is 0.571 bits per heavy atom. The van der Waals surface area contributed by atoms with E-state index in [-0.39, 0.29) is 45.8 Å². The summed E-state index contributed by atoms with van der Waals surface area (Å²) in [4.78, 5) is 49.7. The van der Waals surface area contributed by atoms with Crippen LogP contribution in [0.3, 0.4) is 0 Å². The minimum atomic E-state index is -1.64. The van der Waals surface area contributed by atoms with E-state index in [0.29, 0.717) is 19.3 Å².